The lowest BCUT2D eigenvalue weighted by atomic mass is 10.0. The van der Waals surface area contributed by atoms with E-state index in [0.717, 1.165) is 34.1 Å². The molecule has 2 aliphatic heterocycles. The number of aliphatic hydroxyl groups is 1. The molecule has 2 aromatic rings. The van der Waals surface area contributed by atoms with Crippen LogP contribution in [0.1, 0.15) is 38.3 Å². The Hall–Kier alpha value is -2.81. The first kappa shape index (κ1) is 24.3. The van der Waals surface area contributed by atoms with Gasteiger partial charge in [-0.25, -0.2) is 0 Å². The van der Waals surface area contributed by atoms with Gasteiger partial charge in [0.05, 0.1) is 31.1 Å². The van der Waals surface area contributed by atoms with E-state index < -0.39 is 6.10 Å². The van der Waals surface area contributed by atoms with E-state index in [-0.39, 0.29) is 25.1 Å². The fourth-order valence-corrected chi connectivity index (χ4v) is 3.99. The Bertz CT molecular complexity index is 1000. The van der Waals surface area contributed by atoms with Crippen LogP contribution in [0, 0.1) is 0 Å². The monoisotopic (exact) mass is 470 g/mol. The molecule has 0 fully saturated rings. The first-order chi connectivity index (χ1) is 16.3. The highest BCUT2D eigenvalue weighted by Gasteiger charge is 2.27. The van der Waals surface area contributed by atoms with E-state index in [0.29, 0.717) is 26.1 Å². The number of hydrogen-bond donors (Lipinski definition) is 1. The molecule has 2 heterocycles. The summed E-state index contributed by atoms with van der Waals surface area (Å²) in [6.45, 7) is 8.16. The van der Waals surface area contributed by atoms with Gasteiger partial charge in [0, 0.05) is 31.6 Å². The number of oxime groups is 1. The average molecular weight is 471 g/mol. The van der Waals surface area contributed by atoms with Gasteiger partial charge < -0.3 is 28.9 Å². The van der Waals surface area contributed by atoms with Gasteiger partial charge in [-0.2, -0.15) is 0 Å². The summed E-state index contributed by atoms with van der Waals surface area (Å²) in [5.41, 5.74) is 2.63. The van der Waals surface area contributed by atoms with Gasteiger partial charge in [0.25, 0.3) is 0 Å². The van der Waals surface area contributed by atoms with Gasteiger partial charge in [0.15, 0.2) is 11.5 Å². The summed E-state index contributed by atoms with van der Waals surface area (Å²) in [5, 5.41) is 15.0. The number of methoxy groups -OCH3 is 1. The molecule has 0 bridgehead atoms. The summed E-state index contributed by atoms with van der Waals surface area (Å²) < 4.78 is 22.0. The second-order valence-electron chi connectivity index (χ2n) is 9.66. The predicted molar refractivity (Wildman–Crippen MR) is 129 cm³/mol. The highest BCUT2D eigenvalue weighted by atomic mass is 16.7. The molecule has 8 heteroatoms. The van der Waals surface area contributed by atoms with E-state index in [9.17, 15) is 5.11 Å². The van der Waals surface area contributed by atoms with Crippen molar-refractivity contribution in [2.24, 2.45) is 5.16 Å². The SMILES string of the molecule is COc1cccc(CN(CC(O)COC(C)(C)C)CC2CC(c3ccc4c(c3)OCO4)=NO2)c1. The Labute approximate surface area is 201 Å². The summed E-state index contributed by atoms with van der Waals surface area (Å²) in [5.74, 6) is 2.28. The number of benzene rings is 2. The predicted octanol–water partition coefficient (Wildman–Crippen LogP) is 3.60. The van der Waals surface area contributed by atoms with E-state index >= 15 is 0 Å². The van der Waals surface area contributed by atoms with Crippen LogP contribution < -0.4 is 14.2 Å². The maximum absolute atomic E-state index is 10.7. The number of ether oxygens (including phenoxy) is 4. The Morgan fingerprint density at radius 2 is 1.97 bits per heavy atom. The standard InChI is InChI=1S/C26H34N2O6/c1-26(2,3)33-16-20(29)14-28(13-18-6-5-7-21(10-18)30-4)15-22-12-23(27-34-22)19-8-9-24-25(11-19)32-17-31-24/h5-11,20,22,29H,12-17H2,1-4H3. The Morgan fingerprint density at radius 1 is 1.15 bits per heavy atom. The zero-order valence-corrected chi connectivity index (χ0v) is 20.3. The topological polar surface area (TPSA) is 82.0 Å². The minimum absolute atomic E-state index is 0.123. The van der Waals surface area contributed by atoms with Crippen molar-refractivity contribution in [2.45, 2.75) is 51.5 Å². The van der Waals surface area contributed by atoms with Crippen molar-refractivity contribution in [1.29, 1.82) is 0 Å². The van der Waals surface area contributed by atoms with E-state index in [2.05, 4.69) is 16.1 Å². The molecule has 0 saturated carbocycles. The Morgan fingerprint density at radius 3 is 2.76 bits per heavy atom. The van der Waals surface area contributed by atoms with Gasteiger partial charge in [-0.05, 0) is 56.7 Å². The fraction of sp³-hybridized carbons (Fsp3) is 0.500. The van der Waals surface area contributed by atoms with Gasteiger partial charge in [-0.1, -0.05) is 17.3 Å². The molecule has 2 atom stereocenters. The van der Waals surface area contributed by atoms with Crippen molar-refractivity contribution in [3.63, 3.8) is 0 Å². The molecule has 0 saturated heterocycles. The molecule has 0 aliphatic carbocycles. The number of nitrogens with zero attached hydrogens (tertiary/aromatic N) is 2. The lowest BCUT2D eigenvalue weighted by Gasteiger charge is -2.28. The quantitative estimate of drug-likeness (QED) is 0.568. The molecule has 0 aromatic heterocycles. The van der Waals surface area contributed by atoms with Crippen LogP contribution in [0.2, 0.25) is 0 Å². The van der Waals surface area contributed by atoms with Gasteiger partial charge in [-0.3, -0.25) is 4.90 Å². The molecule has 0 radical (unpaired) electrons. The van der Waals surface area contributed by atoms with Gasteiger partial charge in [-0.15, -0.1) is 0 Å². The van der Waals surface area contributed by atoms with Crippen LogP contribution in [-0.2, 0) is 16.1 Å². The third-order valence-corrected chi connectivity index (χ3v) is 5.62. The van der Waals surface area contributed by atoms with Crippen LogP contribution in [0.3, 0.4) is 0 Å². The molecule has 2 unspecified atom stereocenters. The molecule has 2 aliphatic rings. The summed E-state index contributed by atoms with van der Waals surface area (Å²) in [6.07, 6.45) is -0.0784. The molecule has 0 spiro atoms. The number of rotatable bonds is 10. The summed E-state index contributed by atoms with van der Waals surface area (Å²) in [6, 6.07) is 13.8. The average Bonchev–Trinajstić information content (AvgIpc) is 3.46. The number of aliphatic hydroxyl groups excluding tert-OH is 1. The van der Waals surface area contributed by atoms with E-state index in [1.807, 2.05) is 57.2 Å². The van der Waals surface area contributed by atoms with E-state index in [1.54, 1.807) is 7.11 Å². The summed E-state index contributed by atoms with van der Waals surface area (Å²) in [7, 11) is 1.66. The fourth-order valence-electron chi connectivity index (χ4n) is 3.99. The summed E-state index contributed by atoms with van der Waals surface area (Å²) in [4.78, 5) is 7.96. The maximum atomic E-state index is 10.7. The Kier molecular flexibility index (Phi) is 7.60. The largest absolute Gasteiger partial charge is 0.497 e. The summed E-state index contributed by atoms with van der Waals surface area (Å²) >= 11 is 0. The smallest absolute Gasteiger partial charge is 0.231 e. The molecule has 2 aromatic carbocycles. The highest BCUT2D eigenvalue weighted by molar-refractivity contribution is 6.01. The molecule has 1 N–H and O–H groups in total. The first-order valence-corrected chi connectivity index (χ1v) is 11.6. The van der Waals surface area contributed by atoms with Crippen LogP contribution in [0.15, 0.2) is 47.6 Å². The zero-order chi connectivity index (χ0) is 24.1. The third-order valence-electron chi connectivity index (χ3n) is 5.62. The molecule has 8 nitrogen and oxygen atoms in total. The van der Waals surface area contributed by atoms with Crippen molar-refractivity contribution in [1.82, 2.24) is 4.90 Å². The lowest BCUT2D eigenvalue weighted by molar-refractivity contribution is -0.0600. The van der Waals surface area contributed by atoms with Crippen LogP contribution in [0.5, 0.6) is 17.2 Å². The molecule has 34 heavy (non-hydrogen) atoms. The van der Waals surface area contributed by atoms with Crippen LogP contribution in [0.4, 0.5) is 0 Å². The number of fused-ring (bicyclic) bond motifs is 1. The first-order valence-electron chi connectivity index (χ1n) is 11.6. The second kappa shape index (κ2) is 10.6. The van der Waals surface area contributed by atoms with Crippen LogP contribution in [0.25, 0.3) is 0 Å². The van der Waals surface area contributed by atoms with Crippen molar-refractivity contribution < 1.29 is 28.9 Å². The minimum Gasteiger partial charge on any atom is -0.497 e. The maximum Gasteiger partial charge on any atom is 0.231 e. The van der Waals surface area contributed by atoms with Crippen molar-refractivity contribution in [3.8, 4) is 17.2 Å². The van der Waals surface area contributed by atoms with Gasteiger partial charge >= 0.3 is 0 Å². The van der Waals surface area contributed by atoms with E-state index in [1.165, 1.54) is 0 Å². The Balaban J connectivity index is 1.40. The lowest BCUT2D eigenvalue weighted by Crippen LogP contribution is -2.40. The van der Waals surface area contributed by atoms with Crippen LogP contribution >= 0.6 is 0 Å². The van der Waals surface area contributed by atoms with Gasteiger partial charge in [0.1, 0.15) is 11.9 Å². The van der Waals surface area contributed by atoms with Crippen LogP contribution in [-0.4, -0.2) is 67.1 Å². The minimum atomic E-state index is -0.625. The highest BCUT2D eigenvalue weighted by Crippen LogP contribution is 2.33. The van der Waals surface area contributed by atoms with Crippen molar-refractivity contribution in [2.75, 3.05) is 33.6 Å². The molecule has 0 amide bonds. The van der Waals surface area contributed by atoms with Gasteiger partial charge in [0.2, 0.25) is 6.79 Å². The number of hydrogen-bond acceptors (Lipinski definition) is 8. The van der Waals surface area contributed by atoms with Crippen molar-refractivity contribution >= 4 is 5.71 Å². The zero-order valence-electron chi connectivity index (χ0n) is 20.3. The van der Waals surface area contributed by atoms with E-state index in [4.69, 9.17) is 23.8 Å². The normalized spacial score (nSPS) is 18.1. The molecular weight excluding hydrogens is 436 g/mol. The third kappa shape index (κ3) is 6.62. The molecular formula is C26H34N2O6. The molecule has 4 rings (SSSR count). The molecule has 184 valence electrons. The second-order valence-corrected chi connectivity index (χ2v) is 9.66. The van der Waals surface area contributed by atoms with Crippen molar-refractivity contribution in [3.05, 3.63) is 53.6 Å².